The second-order valence-electron chi connectivity index (χ2n) is 6.32. The lowest BCUT2D eigenvalue weighted by Gasteiger charge is -2.29. The second kappa shape index (κ2) is 10.2. The van der Waals surface area contributed by atoms with Crippen LogP contribution in [0.2, 0.25) is 0 Å². The van der Waals surface area contributed by atoms with E-state index in [1.165, 1.54) is 25.7 Å². The predicted octanol–water partition coefficient (Wildman–Crippen LogP) is 4.57. The molecule has 0 bridgehead atoms. The zero-order chi connectivity index (χ0) is 15.6. The Bertz CT molecular complexity index is 261. The van der Waals surface area contributed by atoms with Gasteiger partial charge in [0.05, 0.1) is 0 Å². The van der Waals surface area contributed by atoms with Gasteiger partial charge < -0.3 is 5.11 Å². The highest BCUT2D eigenvalue weighted by Gasteiger charge is 2.28. The van der Waals surface area contributed by atoms with Crippen molar-refractivity contribution in [2.75, 3.05) is 0 Å². The lowest BCUT2D eigenvalue weighted by Crippen LogP contribution is -2.35. The summed E-state index contributed by atoms with van der Waals surface area (Å²) in [6.07, 6.45) is 6.44. The van der Waals surface area contributed by atoms with E-state index in [0.29, 0.717) is 6.42 Å². The summed E-state index contributed by atoms with van der Waals surface area (Å²) in [7, 11) is 0. The van der Waals surface area contributed by atoms with E-state index >= 15 is 0 Å². The first-order valence-corrected chi connectivity index (χ1v) is 7.88. The molecular weight excluding hydrogens is 256 g/mol. The van der Waals surface area contributed by atoms with E-state index in [1.807, 2.05) is 27.7 Å². The Kier molecular flexibility index (Phi) is 9.86. The summed E-state index contributed by atoms with van der Waals surface area (Å²) in [6.45, 7) is 10.0. The molecule has 0 saturated carbocycles. The van der Waals surface area contributed by atoms with Crippen molar-refractivity contribution in [3.05, 3.63) is 0 Å². The van der Waals surface area contributed by atoms with Crippen molar-refractivity contribution in [3.63, 3.8) is 0 Å². The van der Waals surface area contributed by atoms with Crippen LogP contribution in [0.5, 0.6) is 0 Å². The lowest BCUT2D eigenvalue weighted by atomic mass is 9.95. The monoisotopic (exact) mass is 288 g/mol. The van der Waals surface area contributed by atoms with Crippen LogP contribution in [0.3, 0.4) is 0 Å². The highest BCUT2D eigenvalue weighted by Crippen LogP contribution is 2.22. The predicted molar refractivity (Wildman–Crippen MR) is 80.5 cm³/mol. The maximum atomic E-state index is 11.1. The fraction of sp³-hybridized carbons (Fsp3) is 0.938. The van der Waals surface area contributed by atoms with Gasteiger partial charge in [-0.05, 0) is 26.2 Å². The minimum atomic E-state index is -0.946. The molecule has 0 rings (SSSR count). The molecule has 20 heavy (non-hydrogen) atoms. The van der Waals surface area contributed by atoms with E-state index in [9.17, 15) is 4.79 Å². The molecule has 0 aromatic rings. The van der Waals surface area contributed by atoms with E-state index in [0.717, 1.165) is 12.8 Å². The Morgan fingerprint density at radius 3 is 2.15 bits per heavy atom. The van der Waals surface area contributed by atoms with Crippen molar-refractivity contribution in [1.29, 1.82) is 0 Å². The molecule has 120 valence electrons. The molecule has 0 aliphatic carbocycles. The van der Waals surface area contributed by atoms with Gasteiger partial charge in [-0.2, -0.15) is 0 Å². The number of hydrogen-bond acceptors (Lipinski definition) is 3. The average molecular weight is 288 g/mol. The number of carboxylic acid groups (broad SMARTS) is 1. The number of carboxylic acids is 1. The van der Waals surface area contributed by atoms with Gasteiger partial charge in [-0.25, -0.2) is 14.6 Å². The number of aliphatic carboxylic acids is 1. The molecule has 0 radical (unpaired) electrons. The third-order valence-electron chi connectivity index (χ3n) is 3.86. The molecule has 1 unspecified atom stereocenters. The van der Waals surface area contributed by atoms with Crippen LogP contribution in [0, 0.1) is 5.92 Å². The van der Waals surface area contributed by atoms with Gasteiger partial charge in [-0.1, -0.05) is 59.3 Å². The van der Waals surface area contributed by atoms with E-state index in [-0.39, 0.29) is 5.92 Å². The first kappa shape index (κ1) is 19.4. The van der Waals surface area contributed by atoms with Gasteiger partial charge in [-0.3, -0.25) is 0 Å². The maximum Gasteiger partial charge on any atom is 0.336 e. The van der Waals surface area contributed by atoms with Gasteiger partial charge >= 0.3 is 5.97 Å². The van der Waals surface area contributed by atoms with E-state index in [2.05, 4.69) is 6.92 Å². The van der Waals surface area contributed by atoms with Crippen LogP contribution in [0.25, 0.3) is 0 Å². The molecule has 1 N–H and O–H groups in total. The summed E-state index contributed by atoms with van der Waals surface area (Å²) in [6, 6.07) is 0. The number of unbranched alkanes of at least 4 members (excludes halogenated alkanes) is 5. The molecule has 4 nitrogen and oxygen atoms in total. The molecule has 4 heteroatoms. The summed E-state index contributed by atoms with van der Waals surface area (Å²) in [5, 5.41) is 9.14. The molecule has 0 fully saturated rings. The Labute approximate surface area is 123 Å². The summed E-state index contributed by atoms with van der Waals surface area (Å²) in [4.78, 5) is 21.6. The summed E-state index contributed by atoms with van der Waals surface area (Å²) in [5.41, 5.74) is -0.477. The molecule has 0 aromatic heterocycles. The van der Waals surface area contributed by atoms with E-state index < -0.39 is 17.7 Å². The van der Waals surface area contributed by atoms with Crippen LogP contribution >= 0.6 is 0 Å². The quantitative estimate of drug-likeness (QED) is 0.324. The SMILES string of the molecule is CCCCCCCCC(OOC(C)(C)C(C)C)C(=O)O. The third-order valence-corrected chi connectivity index (χ3v) is 3.86. The molecule has 0 aliphatic rings. The molecular formula is C16H32O4. The first-order chi connectivity index (χ1) is 9.31. The molecule has 1 atom stereocenters. The van der Waals surface area contributed by atoms with Crippen LogP contribution in [0.4, 0.5) is 0 Å². The highest BCUT2D eigenvalue weighted by atomic mass is 17.2. The van der Waals surface area contributed by atoms with Crippen molar-refractivity contribution in [2.24, 2.45) is 5.92 Å². The molecule has 0 aromatic carbocycles. The maximum absolute atomic E-state index is 11.1. The highest BCUT2D eigenvalue weighted by molar-refractivity contribution is 5.72. The fourth-order valence-electron chi connectivity index (χ4n) is 1.60. The Hall–Kier alpha value is -0.610. The largest absolute Gasteiger partial charge is 0.479 e. The fourth-order valence-corrected chi connectivity index (χ4v) is 1.60. The summed E-state index contributed by atoms with van der Waals surface area (Å²) < 4.78 is 0. The van der Waals surface area contributed by atoms with Crippen LogP contribution < -0.4 is 0 Å². The number of hydrogen-bond donors (Lipinski definition) is 1. The van der Waals surface area contributed by atoms with Crippen LogP contribution in [0.1, 0.15) is 79.6 Å². The summed E-state index contributed by atoms with van der Waals surface area (Å²) >= 11 is 0. The zero-order valence-electron chi connectivity index (χ0n) is 13.8. The van der Waals surface area contributed by atoms with Gasteiger partial charge in [0.1, 0.15) is 5.60 Å². The van der Waals surface area contributed by atoms with Crippen molar-refractivity contribution < 1.29 is 19.7 Å². The minimum Gasteiger partial charge on any atom is -0.479 e. The van der Waals surface area contributed by atoms with Gasteiger partial charge in [0.2, 0.25) is 0 Å². The van der Waals surface area contributed by atoms with Gasteiger partial charge in [0.15, 0.2) is 6.10 Å². The Morgan fingerprint density at radius 2 is 1.65 bits per heavy atom. The van der Waals surface area contributed by atoms with Gasteiger partial charge in [0, 0.05) is 0 Å². The topological polar surface area (TPSA) is 55.8 Å². The molecule has 0 amide bonds. The van der Waals surface area contributed by atoms with Crippen LogP contribution in [-0.4, -0.2) is 22.8 Å². The average Bonchev–Trinajstić information content (AvgIpc) is 2.36. The Morgan fingerprint density at radius 1 is 1.10 bits per heavy atom. The van der Waals surface area contributed by atoms with Crippen molar-refractivity contribution in [1.82, 2.24) is 0 Å². The van der Waals surface area contributed by atoms with Crippen LogP contribution in [-0.2, 0) is 14.6 Å². The first-order valence-electron chi connectivity index (χ1n) is 7.88. The number of rotatable bonds is 12. The van der Waals surface area contributed by atoms with Gasteiger partial charge in [0.25, 0.3) is 0 Å². The van der Waals surface area contributed by atoms with Crippen LogP contribution in [0.15, 0.2) is 0 Å². The zero-order valence-corrected chi connectivity index (χ0v) is 13.8. The molecule has 0 aliphatic heterocycles. The van der Waals surface area contributed by atoms with Gasteiger partial charge in [-0.15, -0.1) is 0 Å². The normalized spacial score (nSPS) is 13.7. The summed E-state index contributed by atoms with van der Waals surface area (Å²) in [5.74, 6) is -0.691. The Balaban J connectivity index is 3.97. The smallest absolute Gasteiger partial charge is 0.336 e. The van der Waals surface area contributed by atoms with E-state index in [4.69, 9.17) is 14.9 Å². The number of carbonyl (C=O) groups is 1. The standard InChI is InChI=1S/C16H32O4/c1-6-7-8-9-10-11-12-14(15(17)18)19-20-16(4,5)13(2)3/h13-14H,6-12H2,1-5H3,(H,17,18). The lowest BCUT2D eigenvalue weighted by molar-refractivity contribution is -0.380. The molecule has 0 saturated heterocycles. The minimum absolute atomic E-state index is 0.256. The third kappa shape index (κ3) is 8.54. The van der Waals surface area contributed by atoms with Crippen molar-refractivity contribution in [3.8, 4) is 0 Å². The second-order valence-corrected chi connectivity index (χ2v) is 6.32. The molecule has 0 spiro atoms. The van der Waals surface area contributed by atoms with Crippen molar-refractivity contribution >= 4 is 5.97 Å². The van der Waals surface area contributed by atoms with Crippen molar-refractivity contribution in [2.45, 2.75) is 91.3 Å². The molecule has 0 heterocycles. The van der Waals surface area contributed by atoms with E-state index in [1.54, 1.807) is 0 Å².